The number of carbonyl (C=O) groups excluding carboxylic acids is 1. The van der Waals surface area contributed by atoms with Crippen LogP contribution in [0.15, 0.2) is 11.3 Å². The van der Waals surface area contributed by atoms with E-state index in [-0.39, 0.29) is 13.2 Å². The van der Waals surface area contributed by atoms with Crippen molar-refractivity contribution in [2.24, 2.45) is 0 Å². The molecule has 1 aliphatic rings. The van der Waals surface area contributed by atoms with E-state index >= 15 is 0 Å². The van der Waals surface area contributed by atoms with Gasteiger partial charge in [0, 0.05) is 6.42 Å². The summed E-state index contributed by atoms with van der Waals surface area (Å²) in [4.78, 5) is 11.9. The highest BCUT2D eigenvalue weighted by Gasteiger charge is 2.32. The molecule has 0 aromatic rings. The zero-order valence-electron chi connectivity index (χ0n) is 12.3. The maximum Gasteiger partial charge on any atom is 0.529 e. The maximum atomic E-state index is 12.4. The number of ether oxygens (including phenoxy) is 1. The molecule has 0 aliphatic heterocycles. The van der Waals surface area contributed by atoms with Gasteiger partial charge in [0.2, 0.25) is 0 Å². The summed E-state index contributed by atoms with van der Waals surface area (Å²) < 4.78 is 33.0. The molecule has 0 aromatic heterocycles. The van der Waals surface area contributed by atoms with Crippen molar-refractivity contribution in [1.29, 1.82) is 0 Å². The lowest BCUT2D eigenvalue weighted by Gasteiger charge is -2.23. The Kier molecular flexibility index (Phi) is 7.27. The molecule has 7 heteroatoms. The number of allylic oxidation sites excluding steroid dienone is 1. The highest BCUT2D eigenvalue weighted by Crippen LogP contribution is 2.52. The van der Waals surface area contributed by atoms with Crippen molar-refractivity contribution >= 4 is 13.8 Å². The lowest BCUT2D eigenvalue weighted by molar-refractivity contribution is -0.139. The molecule has 1 rings (SSSR count). The highest BCUT2D eigenvalue weighted by molar-refractivity contribution is 7.48. The van der Waals surface area contributed by atoms with E-state index in [0.29, 0.717) is 30.8 Å². The standard InChI is InChI=1S/C13H23O6P/c1-4-16-13(14)11-9-7-8-10-12(11)19-20(15,17-5-2)18-6-3/h4-10H2,1-3H3. The Bertz CT molecular complexity index is 394. The molecule has 0 heterocycles. The first-order valence-corrected chi connectivity index (χ1v) is 8.50. The van der Waals surface area contributed by atoms with Gasteiger partial charge < -0.3 is 9.26 Å². The molecule has 0 radical (unpaired) electrons. The van der Waals surface area contributed by atoms with Gasteiger partial charge in [-0.2, -0.15) is 0 Å². The lowest BCUT2D eigenvalue weighted by atomic mass is 9.98. The van der Waals surface area contributed by atoms with E-state index in [1.165, 1.54) is 0 Å². The van der Waals surface area contributed by atoms with E-state index in [0.717, 1.165) is 12.8 Å². The van der Waals surface area contributed by atoms with Gasteiger partial charge in [0.1, 0.15) is 5.76 Å². The van der Waals surface area contributed by atoms with Crippen molar-refractivity contribution in [2.45, 2.75) is 46.5 Å². The molecular formula is C13H23O6P. The minimum Gasteiger partial charge on any atom is -0.463 e. The first-order valence-electron chi connectivity index (χ1n) is 7.04. The Morgan fingerprint density at radius 3 is 2.20 bits per heavy atom. The molecule has 0 bridgehead atoms. The van der Waals surface area contributed by atoms with E-state index in [4.69, 9.17) is 18.3 Å². The predicted molar refractivity (Wildman–Crippen MR) is 74.1 cm³/mol. The van der Waals surface area contributed by atoms with Crippen molar-refractivity contribution in [3.8, 4) is 0 Å². The van der Waals surface area contributed by atoms with Crippen LogP contribution >= 0.6 is 7.82 Å². The number of phosphoric acid groups is 1. The molecule has 1 aliphatic carbocycles. The molecule has 20 heavy (non-hydrogen) atoms. The molecule has 0 saturated carbocycles. The van der Waals surface area contributed by atoms with Crippen molar-refractivity contribution in [3.63, 3.8) is 0 Å². The van der Waals surface area contributed by atoms with Crippen molar-refractivity contribution in [2.75, 3.05) is 19.8 Å². The largest absolute Gasteiger partial charge is 0.529 e. The van der Waals surface area contributed by atoms with Gasteiger partial charge in [-0.25, -0.2) is 9.36 Å². The molecule has 0 fully saturated rings. The minimum atomic E-state index is -3.65. The van der Waals surface area contributed by atoms with Crippen LogP contribution < -0.4 is 0 Å². The molecular weight excluding hydrogens is 283 g/mol. The van der Waals surface area contributed by atoms with Crippen LogP contribution in [-0.2, 0) is 27.7 Å². The SMILES string of the molecule is CCOC(=O)C1=C(OP(=O)(OCC)OCC)CCCC1. The Balaban J connectivity index is 2.93. The van der Waals surface area contributed by atoms with Gasteiger partial charge in [-0.3, -0.25) is 9.05 Å². The van der Waals surface area contributed by atoms with Crippen LogP contribution in [0.4, 0.5) is 0 Å². The summed E-state index contributed by atoms with van der Waals surface area (Å²) in [5, 5.41) is 0. The van der Waals surface area contributed by atoms with Gasteiger partial charge in [-0.05, 0) is 40.0 Å². The summed E-state index contributed by atoms with van der Waals surface area (Å²) in [7, 11) is -3.65. The van der Waals surface area contributed by atoms with Crippen LogP contribution in [0.5, 0.6) is 0 Å². The highest BCUT2D eigenvalue weighted by atomic mass is 31.2. The third kappa shape index (κ3) is 4.93. The van der Waals surface area contributed by atoms with Crippen molar-refractivity contribution in [3.05, 3.63) is 11.3 Å². The summed E-state index contributed by atoms with van der Waals surface area (Å²) in [6, 6.07) is 0. The van der Waals surface area contributed by atoms with Gasteiger partial charge in [-0.1, -0.05) is 0 Å². The number of rotatable bonds is 8. The second-order valence-electron chi connectivity index (χ2n) is 4.20. The monoisotopic (exact) mass is 306 g/mol. The molecule has 0 unspecified atom stereocenters. The Labute approximate surface area is 120 Å². The Morgan fingerprint density at radius 2 is 1.65 bits per heavy atom. The molecule has 0 amide bonds. The van der Waals surface area contributed by atoms with Gasteiger partial charge in [0.25, 0.3) is 0 Å². The zero-order chi connectivity index (χ0) is 15.0. The maximum absolute atomic E-state index is 12.4. The Hall–Kier alpha value is -0.840. The number of hydrogen-bond donors (Lipinski definition) is 0. The van der Waals surface area contributed by atoms with Gasteiger partial charge >= 0.3 is 13.8 Å². The summed E-state index contributed by atoms with van der Waals surface area (Å²) in [6.07, 6.45) is 2.86. The average Bonchev–Trinajstić information content (AvgIpc) is 2.40. The summed E-state index contributed by atoms with van der Waals surface area (Å²) in [5.74, 6) is -0.0401. The van der Waals surface area contributed by atoms with E-state index in [2.05, 4.69) is 0 Å². The number of hydrogen-bond acceptors (Lipinski definition) is 6. The molecule has 116 valence electrons. The summed E-state index contributed by atoms with van der Waals surface area (Å²) >= 11 is 0. The van der Waals surface area contributed by atoms with Gasteiger partial charge in [0.05, 0.1) is 25.4 Å². The van der Waals surface area contributed by atoms with Crippen LogP contribution in [0.25, 0.3) is 0 Å². The van der Waals surface area contributed by atoms with Crippen LogP contribution in [0, 0.1) is 0 Å². The van der Waals surface area contributed by atoms with E-state index in [9.17, 15) is 9.36 Å². The Morgan fingerprint density at radius 1 is 1.05 bits per heavy atom. The third-order valence-electron chi connectivity index (χ3n) is 2.74. The fourth-order valence-electron chi connectivity index (χ4n) is 1.95. The molecule has 0 N–H and O–H groups in total. The zero-order valence-corrected chi connectivity index (χ0v) is 13.2. The number of phosphoric ester groups is 1. The van der Waals surface area contributed by atoms with Gasteiger partial charge in [0.15, 0.2) is 0 Å². The summed E-state index contributed by atoms with van der Waals surface area (Å²) in [6.45, 7) is 5.86. The van der Waals surface area contributed by atoms with Gasteiger partial charge in [-0.15, -0.1) is 0 Å². The fourth-order valence-corrected chi connectivity index (χ4v) is 3.24. The second kappa shape index (κ2) is 8.45. The first-order chi connectivity index (χ1) is 9.56. The van der Waals surface area contributed by atoms with Crippen LogP contribution in [0.1, 0.15) is 46.5 Å². The third-order valence-corrected chi connectivity index (χ3v) is 4.33. The smallest absolute Gasteiger partial charge is 0.463 e. The van der Waals surface area contributed by atoms with E-state index in [1.807, 2.05) is 0 Å². The molecule has 0 spiro atoms. The second-order valence-corrected chi connectivity index (χ2v) is 5.80. The number of esters is 1. The van der Waals surface area contributed by atoms with Crippen LogP contribution in [-0.4, -0.2) is 25.8 Å². The first kappa shape index (κ1) is 17.2. The fraction of sp³-hybridized carbons (Fsp3) is 0.769. The lowest BCUT2D eigenvalue weighted by Crippen LogP contribution is -2.15. The van der Waals surface area contributed by atoms with E-state index in [1.54, 1.807) is 20.8 Å². The van der Waals surface area contributed by atoms with E-state index < -0.39 is 13.8 Å². The van der Waals surface area contributed by atoms with Crippen molar-refractivity contribution < 1.29 is 27.7 Å². The normalized spacial score (nSPS) is 16.1. The molecule has 0 atom stereocenters. The van der Waals surface area contributed by atoms with Crippen molar-refractivity contribution in [1.82, 2.24) is 0 Å². The molecule has 0 aromatic carbocycles. The predicted octanol–water partition coefficient (Wildman–Crippen LogP) is 3.58. The average molecular weight is 306 g/mol. The quantitative estimate of drug-likeness (QED) is 0.504. The minimum absolute atomic E-state index is 0.208. The van der Waals surface area contributed by atoms with Crippen LogP contribution in [0.2, 0.25) is 0 Å². The molecule has 6 nitrogen and oxygen atoms in total. The molecule has 0 saturated heterocycles. The summed E-state index contributed by atoms with van der Waals surface area (Å²) in [5.41, 5.74) is 0.442. The van der Waals surface area contributed by atoms with Crippen LogP contribution in [0.3, 0.4) is 0 Å². The number of carbonyl (C=O) groups is 1. The topological polar surface area (TPSA) is 71.1 Å².